The van der Waals surface area contributed by atoms with Crippen LogP contribution in [0.2, 0.25) is 0 Å². The van der Waals surface area contributed by atoms with Gasteiger partial charge in [-0.2, -0.15) is 8.75 Å². The third-order valence-corrected chi connectivity index (χ3v) is 7.93. The van der Waals surface area contributed by atoms with Gasteiger partial charge in [0.1, 0.15) is 17.1 Å². The number of hydrogen-bond acceptors (Lipinski definition) is 6. The number of ether oxygens (including phenoxy) is 1. The summed E-state index contributed by atoms with van der Waals surface area (Å²) in [6, 6.07) is 12.6. The number of benzene rings is 2. The lowest BCUT2D eigenvalue weighted by molar-refractivity contribution is 0.121. The van der Waals surface area contributed by atoms with Crippen molar-refractivity contribution in [1.82, 2.24) is 13.6 Å². The highest BCUT2D eigenvalue weighted by Crippen LogP contribution is 2.41. The number of allylic oxidation sites excluding steroid dienone is 7. The second kappa shape index (κ2) is 12.0. The van der Waals surface area contributed by atoms with E-state index in [-0.39, 0.29) is 12.8 Å². The molecule has 5 rings (SSSR count). The monoisotopic (exact) mass is 530 g/mol. The molecule has 1 saturated heterocycles. The molecule has 7 heteroatoms. The van der Waals surface area contributed by atoms with Crippen LogP contribution in [0.4, 0.5) is 10.1 Å². The average molecular weight is 531 g/mol. The molecule has 38 heavy (non-hydrogen) atoms. The maximum atomic E-state index is 12.5. The van der Waals surface area contributed by atoms with Crippen LogP contribution in [0.5, 0.6) is 0 Å². The van der Waals surface area contributed by atoms with Crippen molar-refractivity contribution in [1.29, 1.82) is 0 Å². The number of anilines is 1. The number of aryl methyl sites for hydroxylation is 1. The standard InChI is InChI=1S/C31H35FN4OS/c1-3-22(9-8-21(2)37-26-14-17-36(20-26)16-5-15-32)31-27(24-10-13-29-30(19-24)35-38-34-29)7-4-6-23-18-25(33)11-12-28(23)31/h3,8-13,18-19,26H,1,4-7,14-17,20,33H2,2H3/b21-8+,22-9+/t26-/m0/s1. The fourth-order valence-electron chi connectivity index (χ4n) is 5.54. The maximum Gasteiger partial charge on any atom is 0.112 e. The van der Waals surface area contributed by atoms with Crippen molar-refractivity contribution in [2.45, 2.75) is 45.1 Å². The van der Waals surface area contributed by atoms with Gasteiger partial charge in [0.2, 0.25) is 0 Å². The van der Waals surface area contributed by atoms with Crippen molar-refractivity contribution in [3.63, 3.8) is 0 Å². The lowest BCUT2D eigenvalue weighted by atomic mass is 9.87. The van der Waals surface area contributed by atoms with Gasteiger partial charge < -0.3 is 10.5 Å². The summed E-state index contributed by atoms with van der Waals surface area (Å²) >= 11 is 1.24. The molecule has 0 spiro atoms. The van der Waals surface area contributed by atoms with E-state index >= 15 is 0 Å². The van der Waals surface area contributed by atoms with E-state index in [2.05, 4.69) is 56.6 Å². The number of hydrogen-bond donors (Lipinski definition) is 1. The number of nitrogens with two attached hydrogens (primary N) is 1. The minimum absolute atomic E-state index is 0.140. The quantitative estimate of drug-likeness (QED) is 0.184. The van der Waals surface area contributed by atoms with Crippen LogP contribution in [0, 0.1) is 0 Å². The molecule has 2 N–H and O–H groups in total. The van der Waals surface area contributed by atoms with E-state index in [1.165, 1.54) is 34.0 Å². The van der Waals surface area contributed by atoms with Crippen molar-refractivity contribution >= 4 is 39.6 Å². The Balaban J connectivity index is 1.50. The SMILES string of the molecule is C=C/C(=C\C=C(/C)O[C@H]1CCN(CCCF)C1)C1=C(c2ccc3nsnc3c2)CCCc2cc(N)ccc21. The average Bonchev–Trinajstić information content (AvgIpc) is 3.53. The van der Waals surface area contributed by atoms with Crippen LogP contribution in [0.15, 0.2) is 72.5 Å². The topological polar surface area (TPSA) is 64.3 Å². The number of alkyl halides is 1. The minimum atomic E-state index is -0.266. The predicted octanol–water partition coefficient (Wildman–Crippen LogP) is 6.99. The van der Waals surface area contributed by atoms with Gasteiger partial charge in [0.25, 0.3) is 0 Å². The van der Waals surface area contributed by atoms with Crippen molar-refractivity contribution in [2.24, 2.45) is 0 Å². The van der Waals surface area contributed by atoms with E-state index in [1.807, 2.05) is 25.1 Å². The van der Waals surface area contributed by atoms with Gasteiger partial charge in [-0.05, 0) is 103 Å². The number of fused-ring (bicyclic) bond motifs is 2. The Morgan fingerprint density at radius 1 is 1.18 bits per heavy atom. The first-order chi connectivity index (χ1) is 18.6. The highest BCUT2D eigenvalue weighted by Gasteiger charge is 2.24. The molecule has 1 aliphatic carbocycles. The summed E-state index contributed by atoms with van der Waals surface area (Å²) in [4.78, 5) is 2.28. The first kappa shape index (κ1) is 26.3. The van der Waals surface area contributed by atoms with Crippen molar-refractivity contribution < 1.29 is 9.13 Å². The Hall–Kier alpha value is -3.29. The predicted molar refractivity (Wildman–Crippen MR) is 157 cm³/mol. The molecule has 3 aromatic rings. The Labute approximate surface area is 228 Å². The second-order valence-electron chi connectivity index (χ2n) is 10.1. The molecular formula is C31H35FN4OS. The Bertz CT molecular complexity index is 1410. The fourth-order valence-corrected chi connectivity index (χ4v) is 6.06. The van der Waals surface area contributed by atoms with Gasteiger partial charge in [0, 0.05) is 25.3 Å². The van der Waals surface area contributed by atoms with Crippen molar-refractivity contribution in [3.8, 4) is 0 Å². The van der Waals surface area contributed by atoms with Crippen LogP contribution in [0.25, 0.3) is 22.2 Å². The number of rotatable bonds is 9. The maximum absolute atomic E-state index is 12.5. The van der Waals surface area contributed by atoms with Gasteiger partial charge in [-0.3, -0.25) is 9.29 Å². The molecule has 2 aliphatic rings. The highest BCUT2D eigenvalue weighted by atomic mass is 32.1. The van der Waals surface area contributed by atoms with E-state index < -0.39 is 0 Å². The summed E-state index contributed by atoms with van der Waals surface area (Å²) in [5, 5.41) is 0. The molecule has 1 atom stereocenters. The summed E-state index contributed by atoms with van der Waals surface area (Å²) < 4.78 is 27.7. The van der Waals surface area contributed by atoms with E-state index in [9.17, 15) is 4.39 Å². The lowest BCUT2D eigenvalue weighted by Gasteiger charge is -2.18. The first-order valence-electron chi connectivity index (χ1n) is 13.4. The smallest absolute Gasteiger partial charge is 0.112 e. The largest absolute Gasteiger partial charge is 0.494 e. The molecule has 0 radical (unpaired) electrons. The molecular weight excluding hydrogens is 495 g/mol. The zero-order valence-electron chi connectivity index (χ0n) is 22.0. The zero-order valence-corrected chi connectivity index (χ0v) is 22.8. The van der Waals surface area contributed by atoms with Crippen LogP contribution in [-0.4, -0.2) is 46.1 Å². The van der Waals surface area contributed by atoms with Crippen molar-refractivity contribution in [2.75, 3.05) is 32.0 Å². The Kier molecular flexibility index (Phi) is 8.35. The second-order valence-corrected chi connectivity index (χ2v) is 10.6. The first-order valence-corrected chi connectivity index (χ1v) is 14.1. The molecule has 5 nitrogen and oxygen atoms in total. The molecule has 0 bridgehead atoms. The van der Waals surface area contributed by atoms with E-state index in [0.29, 0.717) is 6.42 Å². The summed E-state index contributed by atoms with van der Waals surface area (Å²) in [7, 11) is 0. The molecule has 1 aromatic heterocycles. The van der Waals surface area contributed by atoms with Gasteiger partial charge in [-0.15, -0.1) is 0 Å². The van der Waals surface area contributed by atoms with Gasteiger partial charge in [-0.25, -0.2) is 0 Å². The van der Waals surface area contributed by atoms with Crippen LogP contribution in [-0.2, 0) is 11.2 Å². The number of halogens is 1. The van der Waals surface area contributed by atoms with E-state index in [0.717, 1.165) is 78.9 Å². The number of nitrogens with zero attached hydrogens (tertiary/aromatic N) is 3. The number of aromatic nitrogens is 2. The molecule has 198 valence electrons. The number of likely N-dealkylation sites (tertiary alicyclic amines) is 1. The minimum Gasteiger partial charge on any atom is -0.494 e. The lowest BCUT2D eigenvalue weighted by Crippen LogP contribution is -2.24. The van der Waals surface area contributed by atoms with Gasteiger partial charge in [0.15, 0.2) is 0 Å². The molecule has 0 saturated carbocycles. The van der Waals surface area contributed by atoms with Crippen LogP contribution in [0.1, 0.15) is 49.3 Å². The fraction of sp³-hybridized carbons (Fsp3) is 0.355. The van der Waals surface area contributed by atoms with Crippen LogP contribution in [0.3, 0.4) is 0 Å². The van der Waals surface area contributed by atoms with Gasteiger partial charge >= 0.3 is 0 Å². The van der Waals surface area contributed by atoms with E-state index in [4.69, 9.17) is 10.5 Å². The normalized spacial score (nSPS) is 19.1. The molecule has 2 aromatic carbocycles. The molecule has 0 amide bonds. The van der Waals surface area contributed by atoms with Gasteiger partial charge in [-0.1, -0.05) is 30.9 Å². The van der Waals surface area contributed by atoms with Crippen LogP contribution >= 0.6 is 11.7 Å². The molecule has 1 aliphatic heterocycles. The zero-order chi connectivity index (χ0) is 26.5. The molecule has 2 heterocycles. The molecule has 1 fully saturated rings. The molecule has 0 unspecified atom stereocenters. The summed E-state index contributed by atoms with van der Waals surface area (Å²) in [5.74, 6) is 0.866. The number of nitrogen functional groups attached to an aromatic ring is 1. The third-order valence-electron chi connectivity index (χ3n) is 7.37. The summed E-state index contributed by atoms with van der Waals surface area (Å²) in [5.41, 5.74) is 15.9. The Morgan fingerprint density at radius 3 is 2.89 bits per heavy atom. The van der Waals surface area contributed by atoms with Crippen molar-refractivity contribution in [3.05, 3.63) is 89.2 Å². The third kappa shape index (κ3) is 5.89. The summed E-state index contributed by atoms with van der Waals surface area (Å²) in [6.45, 7) is 8.53. The Morgan fingerprint density at radius 2 is 2.05 bits per heavy atom. The van der Waals surface area contributed by atoms with Gasteiger partial charge in [0.05, 0.1) is 24.2 Å². The van der Waals surface area contributed by atoms with Crippen LogP contribution < -0.4 is 5.73 Å². The van der Waals surface area contributed by atoms with E-state index in [1.54, 1.807) is 0 Å². The highest BCUT2D eigenvalue weighted by molar-refractivity contribution is 7.00. The summed E-state index contributed by atoms with van der Waals surface area (Å²) in [6.07, 6.45) is 10.7.